The van der Waals surface area contributed by atoms with Crippen LogP contribution < -0.4 is 0 Å². The van der Waals surface area contributed by atoms with Gasteiger partial charge >= 0.3 is 12.1 Å². The van der Waals surface area contributed by atoms with Crippen molar-refractivity contribution in [2.75, 3.05) is 37.7 Å². The van der Waals surface area contributed by atoms with Gasteiger partial charge in [-0.15, -0.1) is 5.10 Å². The third-order valence-electron chi connectivity index (χ3n) is 5.01. The van der Waals surface area contributed by atoms with E-state index < -0.39 is 12.1 Å². The first-order valence-corrected chi connectivity index (χ1v) is 11.3. The Balaban J connectivity index is 0.000000423. The topological polar surface area (TPSA) is 91.6 Å². The Hall–Kier alpha value is -2.08. The summed E-state index contributed by atoms with van der Waals surface area (Å²) < 4.78 is 33.8. The van der Waals surface area contributed by atoms with E-state index in [4.69, 9.17) is 9.90 Å². The summed E-state index contributed by atoms with van der Waals surface area (Å²) in [4.78, 5) is 25.4. The highest BCUT2D eigenvalue weighted by Crippen LogP contribution is 2.22. The third-order valence-corrected chi connectivity index (χ3v) is 5.95. The van der Waals surface area contributed by atoms with Crippen molar-refractivity contribution < 1.29 is 27.9 Å². The SMILES string of the molecule is C/C=C/CC(=O)N1CCC(n2cc(CN3CCSCC3)nn2)CC1.O=C(O)C(F)(F)F. The zero-order valence-corrected chi connectivity index (χ0v) is 18.2. The van der Waals surface area contributed by atoms with E-state index in [1.165, 1.54) is 11.5 Å². The largest absolute Gasteiger partial charge is 0.490 e. The number of alkyl halides is 3. The van der Waals surface area contributed by atoms with Crippen LogP contribution >= 0.6 is 11.8 Å². The normalized spacial score (nSPS) is 18.6. The molecular weight excluding hydrogens is 435 g/mol. The molecule has 3 heterocycles. The summed E-state index contributed by atoms with van der Waals surface area (Å²) in [5, 5.41) is 15.8. The molecule has 0 aliphatic carbocycles. The Kier molecular flexibility index (Phi) is 9.82. The molecule has 0 unspecified atom stereocenters. The van der Waals surface area contributed by atoms with E-state index in [0.717, 1.165) is 51.3 Å². The third kappa shape index (κ3) is 8.52. The highest BCUT2D eigenvalue weighted by Gasteiger charge is 2.38. The van der Waals surface area contributed by atoms with Crippen LogP contribution in [0.15, 0.2) is 18.3 Å². The molecule has 0 saturated carbocycles. The Morgan fingerprint density at radius 2 is 1.84 bits per heavy atom. The van der Waals surface area contributed by atoms with Gasteiger partial charge in [0.2, 0.25) is 5.91 Å². The maximum absolute atomic E-state index is 12.1. The summed E-state index contributed by atoms with van der Waals surface area (Å²) in [5.74, 6) is -0.0943. The number of amides is 1. The zero-order chi connectivity index (χ0) is 22.9. The van der Waals surface area contributed by atoms with Crippen molar-refractivity contribution in [3.63, 3.8) is 0 Å². The van der Waals surface area contributed by atoms with Gasteiger partial charge in [-0.2, -0.15) is 24.9 Å². The molecule has 3 rings (SSSR count). The summed E-state index contributed by atoms with van der Waals surface area (Å²) in [7, 11) is 0. The molecule has 1 amide bonds. The zero-order valence-electron chi connectivity index (χ0n) is 17.4. The van der Waals surface area contributed by atoms with Crippen molar-refractivity contribution in [1.29, 1.82) is 0 Å². The number of thioether (sulfide) groups is 1. The number of carbonyl (C=O) groups is 2. The molecule has 0 aromatic carbocycles. The summed E-state index contributed by atoms with van der Waals surface area (Å²) >= 11 is 2.03. The van der Waals surface area contributed by atoms with Gasteiger partial charge in [0.1, 0.15) is 0 Å². The van der Waals surface area contributed by atoms with Crippen molar-refractivity contribution in [3.05, 3.63) is 24.0 Å². The standard InChI is InChI=1S/C17H27N5OS.C2HF3O2/c1-2-3-4-17(23)21-7-5-16(6-8-21)22-14-15(18-19-22)13-20-9-11-24-12-10-20;3-2(4,5)1(6)7/h2-3,14,16H,4-13H2,1H3;(H,6,7)/b3-2+;. The van der Waals surface area contributed by atoms with Crippen molar-refractivity contribution in [2.24, 2.45) is 0 Å². The second-order valence-corrected chi connectivity index (χ2v) is 8.49. The molecule has 0 radical (unpaired) electrons. The van der Waals surface area contributed by atoms with Crippen LogP contribution in [0.25, 0.3) is 0 Å². The maximum Gasteiger partial charge on any atom is 0.490 e. The molecule has 12 heteroatoms. The van der Waals surface area contributed by atoms with Crippen molar-refractivity contribution in [3.8, 4) is 0 Å². The van der Waals surface area contributed by atoms with Gasteiger partial charge in [-0.05, 0) is 19.8 Å². The Morgan fingerprint density at radius 3 is 2.39 bits per heavy atom. The van der Waals surface area contributed by atoms with Crippen molar-refractivity contribution >= 4 is 23.6 Å². The van der Waals surface area contributed by atoms with Crippen LogP contribution in [0.2, 0.25) is 0 Å². The average Bonchev–Trinajstić information content (AvgIpc) is 3.21. The Morgan fingerprint density at radius 1 is 1.23 bits per heavy atom. The highest BCUT2D eigenvalue weighted by atomic mass is 32.2. The number of aromatic nitrogens is 3. The fourth-order valence-electron chi connectivity index (χ4n) is 3.28. The van der Waals surface area contributed by atoms with Gasteiger partial charge in [0.15, 0.2) is 0 Å². The number of hydrogen-bond acceptors (Lipinski definition) is 6. The number of likely N-dealkylation sites (tertiary alicyclic amines) is 1. The molecule has 1 aromatic heterocycles. The lowest BCUT2D eigenvalue weighted by Crippen LogP contribution is -2.38. The highest BCUT2D eigenvalue weighted by molar-refractivity contribution is 7.99. The number of piperidine rings is 1. The molecule has 31 heavy (non-hydrogen) atoms. The van der Waals surface area contributed by atoms with E-state index in [2.05, 4.69) is 21.4 Å². The summed E-state index contributed by atoms with van der Waals surface area (Å²) in [5.41, 5.74) is 1.06. The quantitative estimate of drug-likeness (QED) is 0.671. The molecule has 8 nitrogen and oxygen atoms in total. The van der Waals surface area contributed by atoms with E-state index in [0.29, 0.717) is 12.5 Å². The van der Waals surface area contributed by atoms with E-state index in [9.17, 15) is 18.0 Å². The molecule has 174 valence electrons. The van der Waals surface area contributed by atoms with Crippen LogP contribution in [0.3, 0.4) is 0 Å². The Labute approximate surface area is 183 Å². The summed E-state index contributed by atoms with van der Waals surface area (Å²) in [6.07, 6.45) is 3.32. The van der Waals surface area contributed by atoms with Crippen LogP contribution in [-0.4, -0.2) is 85.6 Å². The van der Waals surface area contributed by atoms with Crippen molar-refractivity contribution in [1.82, 2.24) is 24.8 Å². The lowest BCUT2D eigenvalue weighted by Gasteiger charge is -2.31. The number of carboxylic acid groups (broad SMARTS) is 1. The molecule has 0 atom stereocenters. The fourth-order valence-corrected chi connectivity index (χ4v) is 4.26. The first-order chi connectivity index (χ1) is 14.7. The number of aliphatic carboxylic acids is 1. The first kappa shape index (κ1) is 25.2. The van der Waals surface area contributed by atoms with Gasteiger partial charge in [0.05, 0.1) is 17.9 Å². The fraction of sp³-hybridized carbons (Fsp3) is 0.684. The van der Waals surface area contributed by atoms with E-state index in [1.807, 2.05) is 40.4 Å². The smallest absolute Gasteiger partial charge is 0.475 e. The second kappa shape index (κ2) is 12.1. The van der Waals surface area contributed by atoms with E-state index in [-0.39, 0.29) is 5.91 Å². The molecule has 1 aromatic rings. The van der Waals surface area contributed by atoms with Gasteiger partial charge in [-0.1, -0.05) is 17.4 Å². The maximum atomic E-state index is 12.1. The van der Waals surface area contributed by atoms with Gasteiger partial charge in [0, 0.05) is 50.7 Å². The van der Waals surface area contributed by atoms with Gasteiger partial charge in [0.25, 0.3) is 0 Å². The molecule has 2 fully saturated rings. The van der Waals surface area contributed by atoms with E-state index in [1.54, 1.807) is 0 Å². The van der Waals surface area contributed by atoms with Gasteiger partial charge in [-0.3, -0.25) is 9.69 Å². The lowest BCUT2D eigenvalue weighted by molar-refractivity contribution is -0.192. The lowest BCUT2D eigenvalue weighted by atomic mass is 10.0. The van der Waals surface area contributed by atoms with Gasteiger partial charge < -0.3 is 10.0 Å². The molecule has 1 N–H and O–H groups in total. The number of carbonyl (C=O) groups excluding carboxylic acids is 1. The van der Waals surface area contributed by atoms with Crippen LogP contribution in [0.4, 0.5) is 13.2 Å². The molecule has 2 aliphatic heterocycles. The number of rotatable bonds is 5. The minimum Gasteiger partial charge on any atom is -0.475 e. The molecule has 0 bridgehead atoms. The predicted octanol–water partition coefficient (Wildman–Crippen LogP) is 2.59. The molecule has 2 aliphatic rings. The summed E-state index contributed by atoms with van der Waals surface area (Å²) in [6, 6.07) is 0.369. The van der Waals surface area contributed by atoms with Gasteiger partial charge in [-0.25, -0.2) is 9.48 Å². The molecule has 0 spiro atoms. The first-order valence-electron chi connectivity index (χ1n) is 10.1. The number of allylic oxidation sites excluding steroid dienone is 1. The molecule has 2 saturated heterocycles. The van der Waals surface area contributed by atoms with Crippen LogP contribution in [-0.2, 0) is 16.1 Å². The van der Waals surface area contributed by atoms with Crippen molar-refractivity contribution in [2.45, 2.75) is 44.9 Å². The number of hydrogen-bond donors (Lipinski definition) is 1. The van der Waals surface area contributed by atoms with Crippen LogP contribution in [0.1, 0.15) is 37.9 Å². The predicted molar refractivity (Wildman–Crippen MR) is 111 cm³/mol. The number of carboxylic acids is 1. The summed E-state index contributed by atoms with van der Waals surface area (Å²) in [6.45, 7) is 6.78. The van der Waals surface area contributed by atoms with E-state index >= 15 is 0 Å². The minimum atomic E-state index is -5.08. The molecular formula is C19H28F3N5O3S. The second-order valence-electron chi connectivity index (χ2n) is 7.27. The Bertz CT molecular complexity index is 742. The van der Waals surface area contributed by atoms with Crippen LogP contribution in [0, 0.1) is 0 Å². The van der Waals surface area contributed by atoms with Crippen LogP contribution in [0.5, 0.6) is 0 Å². The monoisotopic (exact) mass is 463 g/mol. The average molecular weight is 464 g/mol. The number of halogens is 3. The minimum absolute atomic E-state index is 0.230. The number of nitrogens with zero attached hydrogens (tertiary/aromatic N) is 5.